The van der Waals surface area contributed by atoms with Gasteiger partial charge >= 0.3 is 12.4 Å². The Balaban J connectivity index is 1.99. The summed E-state index contributed by atoms with van der Waals surface area (Å²) in [7, 11) is 0. The molecule has 0 unspecified atom stereocenters. The Hall–Kier alpha value is -3.59. The summed E-state index contributed by atoms with van der Waals surface area (Å²) < 4.78 is 81.9. The Morgan fingerprint density at radius 2 is 1.19 bits per heavy atom. The lowest BCUT2D eigenvalue weighted by Gasteiger charge is -2.37. The summed E-state index contributed by atoms with van der Waals surface area (Å²) in [6, 6.07) is 20.4. The molecule has 0 spiro atoms. The number of halogens is 6. The van der Waals surface area contributed by atoms with E-state index in [9.17, 15) is 31.1 Å². The van der Waals surface area contributed by atoms with Crippen LogP contribution in [-0.2, 0) is 24.3 Å². The van der Waals surface area contributed by atoms with Gasteiger partial charge < -0.3 is 5.32 Å². The number of thiophene rings is 1. The van der Waals surface area contributed by atoms with Crippen LogP contribution in [0.4, 0.5) is 26.3 Å². The first kappa shape index (κ1) is 25.5. The quantitative estimate of drug-likeness (QED) is 0.260. The monoisotopic (exact) mass is 519 g/mol. The molecular weight excluding hydrogens is 500 g/mol. The third-order valence-electron chi connectivity index (χ3n) is 5.75. The van der Waals surface area contributed by atoms with Crippen molar-refractivity contribution in [2.24, 2.45) is 0 Å². The number of hydrogen-bond acceptors (Lipinski definition) is 2. The van der Waals surface area contributed by atoms with Gasteiger partial charge in [-0.05, 0) is 52.4 Å². The van der Waals surface area contributed by atoms with Crippen molar-refractivity contribution in [3.05, 3.63) is 129 Å². The van der Waals surface area contributed by atoms with E-state index in [0.717, 1.165) is 35.6 Å². The SMILES string of the molecule is O=C(NC(Cc1ccccc1)(c1cccc(C(F)(F)F)c1)c1cccc(C(F)(F)F)c1)c1cccs1. The van der Waals surface area contributed by atoms with E-state index in [4.69, 9.17) is 0 Å². The molecule has 4 aromatic rings. The highest BCUT2D eigenvalue weighted by molar-refractivity contribution is 7.12. The second-order valence-electron chi connectivity index (χ2n) is 8.16. The van der Waals surface area contributed by atoms with E-state index in [2.05, 4.69) is 5.32 Å². The van der Waals surface area contributed by atoms with Crippen molar-refractivity contribution >= 4 is 17.2 Å². The molecular formula is C27H19F6NOS. The molecule has 36 heavy (non-hydrogen) atoms. The van der Waals surface area contributed by atoms with Gasteiger partial charge in [0.2, 0.25) is 0 Å². The molecule has 0 aliphatic carbocycles. The highest BCUT2D eigenvalue weighted by Crippen LogP contribution is 2.40. The second-order valence-corrected chi connectivity index (χ2v) is 9.10. The van der Waals surface area contributed by atoms with Gasteiger partial charge in [-0.3, -0.25) is 4.79 Å². The van der Waals surface area contributed by atoms with Crippen LogP contribution in [0.5, 0.6) is 0 Å². The maximum Gasteiger partial charge on any atom is 0.416 e. The van der Waals surface area contributed by atoms with Crippen molar-refractivity contribution in [3.63, 3.8) is 0 Å². The number of benzene rings is 3. The zero-order valence-corrected chi connectivity index (χ0v) is 19.3. The van der Waals surface area contributed by atoms with E-state index >= 15 is 0 Å². The van der Waals surface area contributed by atoms with Crippen molar-refractivity contribution in [3.8, 4) is 0 Å². The molecule has 0 aliphatic heterocycles. The molecule has 186 valence electrons. The standard InChI is InChI=1S/C27H19F6NOS/c28-26(29,30)21-11-4-9-19(15-21)25(17-18-7-2-1-3-8-18,34-24(35)23-13-6-14-36-23)20-10-5-12-22(16-20)27(31,32)33/h1-16H,17H2,(H,34,35). The van der Waals surface area contributed by atoms with E-state index in [1.165, 1.54) is 30.3 Å². The summed E-state index contributed by atoms with van der Waals surface area (Å²) in [5.41, 5.74) is -3.08. The third kappa shape index (κ3) is 5.46. The van der Waals surface area contributed by atoms with Crippen LogP contribution >= 0.6 is 11.3 Å². The molecule has 3 aromatic carbocycles. The minimum absolute atomic E-state index is 0.00501. The molecule has 0 saturated carbocycles. The van der Waals surface area contributed by atoms with Gasteiger partial charge in [-0.1, -0.05) is 60.7 Å². The number of alkyl halides is 6. The number of carbonyl (C=O) groups excluding carboxylic acids is 1. The minimum Gasteiger partial charge on any atom is -0.337 e. The first-order valence-electron chi connectivity index (χ1n) is 10.7. The van der Waals surface area contributed by atoms with Gasteiger partial charge in [0.05, 0.1) is 21.5 Å². The van der Waals surface area contributed by atoms with E-state index in [1.54, 1.807) is 41.8 Å². The lowest BCUT2D eigenvalue weighted by molar-refractivity contribution is -0.138. The van der Waals surface area contributed by atoms with Gasteiger partial charge in [-0.15, -0.1) is 11.3 Å². The zero-order chi connectivity index (χ0) is 26.0. The van der Waals surface area contributed by atoms with Crippen molar-refractivity contribution in [2.45, 2.75) is 24.3 Å². The summed E-state index contributed by atoms with van der Waals surface area (Å²) in [4.78, 5) is 13.5. The Bertz CT molecular complexity index is 1270. The fourth-order valence-corrected chi connectivity index (χ4v) is 4.67. The number of hydrogen-bond donors (Lipinski definition) is 1. The Morgan fingerprint density at radius 1 is 0.667 bits per heavy atom. The second kappa shape index (κ2) is 9.81. The summed E-state index contributed by atoms with van der Waals surface area (Å²) in [6.45, 7) is 0. The van der Waals surface area contributed by atoms with E-state index in [-0.39, 0.29) is 22.4 Å². The average molecular weight is 520 g/mol. The molecule has 0 aliphatic rings. The van der Waals surface area contributed by atoms with Crippen LogP contribution in [0, 0.1) is 0 Å². The molecule has 1 N–H and O–H groups in total. The maximum atomic E-state index is 13.7. The van der Waals surface area contributed by atoms with Crippen molar-refractivity contribution in [2.75, 3.05) is 0 Å². The summed E-state index contributed by atoms with van der Waals surface area (Å²) in [6.07, 6.45) is -9.48. The molecule has 0 atom stereocenters. The molecule has 1 amide bonds. The Kier molecular flexibility index (Phi) is 6.95. The largest absolute Gasteiger partial charge is 0.416 e. The number of amides is 1. The predicted molar refractivity (Wildman–Crippen MR) is 126 cm³/mol. The van der Waals surface area contributed by atoms with Crippen LogP contribution < -0.4 is 5.32 Å². The molecule has 0 saturated heterocycles. The van der Waals surface area contributed by atoms with Crippen LogP contribution in [-0.4, -0.2) is 5.91 Å². The molecule has 4 rings (SSSR count). The van der Waals surface area contributed by atoms with E-state index in [0.29, 0.717) is 5.56 Å². The van der Waals surface area contributed by atoms with Gasteiger partial charge in [-0.2, -0.15) is 26.3 Å². The molecule has 1 aromatic heterocycles. The summed E-state index contributed by atoms with van der Waals surface area (Å²) >= 11 is 1.11. The van der Waals surface area contributed by atoms with E-state index in [1.807, 2.05) is 0 Å². The van der Waals surface area contributed by atoms with Crippen LogP contribution in [0.2, 0.25) is 0 Å². The number of carbonyl (C=O) groups is 1. The summed E-state index contributed by atoms with van der Waals surface area (Å²) in [5, 5.41) is 4.46. The van der Waals surface area contributed by atoms with E-state index < -0.39 is 34.9 Å². The molecule has 2 nitrogen and oxygen atoms in total. The molecule has 9 heteroatoms. The maximum absolute atomic E-state index is 13.7. The van der Waals surface area contributed by atoms with Crippen LogP contribution in [0.1, 0.15) is 37.5 Å². The lowest BCUT2D eigenvalue weighted by atomic mass is 9.76. The molecule has 0 radical (unpaired) electrons. The first-order valence-corrected chi connectivity index (χ1v) is 11.6. The average Bonchev–Trinajstić information content (AvgIpc) is 3.39. The van der Waals surface area contributed by atoms with Crippen LogP contribution in [0.3, 0.4) is 0 Å². The molecule has 1 heterocycles. The molecule has 0 bridgehead atoms. The first-order chi connectivity index (χ1) is 17.0. The van der Waals surface area contributed by atoms with Crippen LogP contribution in [0.25, 0.3) is 0 Å². The van der Waals surface area contributed by atoms with Gasteiger partial charge in [0, 0.05) is 6.42 Å². The number of rotatable bonds is 6. The van der Waals surface area contributed by atoms with Gasteiger partial charge in [-0.25, -0.2) is 0 Å². The van der Waals surface area contributed by atoms with Gasteiger partial charge in [0.15, 0.2) is 0 Å². The molecule has 0 fully saturated rings. The Morgan fingerprint density at radius 3 is 1.67 bits per heavy atom. The normalized spacial score (nSPS) is 12.4. The smallest absolute Gasteiger partial charge is 0.337 e. The topological polar surface area (TPSA) is 29.1 Å². The van der Waals surface area contributed by atoms with Crippen molar-refractivity contribution in [1.29, 1.82) is 0 Å². The highest BCUT2D eigenvalue weighted by atomic mass is 32.1. The predicted octanol–water partition coefficient (Wildman–Crippen LogP) is 7.70. The summed E-state index contributed by atoms with van der Waals surface area (Å²) in [5.74, 6) is -0.615. The third-order valence-corrected chi connectivity index (χ3v) is 6.62. The number of nitrogens with one attached hydrogen (secondary N) is 1. The van der Waals surface area contributed by atoms with Crippen molar-refractivity contribution in [1.82, 2.24) is 5.32 Å². The Labute approximate surface area is 207 Å². The van der Waals surface area contributed by atoms with Gasteiger partial charge in [0.1, 0.15) is 0 Å². The zero-order valence-electron chi connectivity index (χ0n) is 18.5. The van der Waals surface area contributed by atoms with Crippen LogP contribution in [0.15, 0.2) is 96.4 Å². The van der Waals surface area contributed by atoms with Crippen molar-refractivity contribution < 1.29 is 31.1 Å². The fraction of sp³-hybridized carbons (Fsp3) is 0.148. The highest BCUT2D eigenvalue weighted by Gasteiger charge is 2.41. The fourth-order valence-electron chi connectivity index (χ4n) is 4.05. The minimum atomic E-state index is -4.69. The lowest BCUT2D eigenvalue weighted by Crippen LogP contribution is -2.48. The van der Waals surface area contributed by atoms with Gasteiger partial charge in [0.25, 0.3) is 5.91 Å².